The predicted molar refractivity (Wildman–Crippen MR) is 64.5 cm³/mol. The van der Waals surface area contributed by atoms with E-state index in [0.29, 0.717) is 6.16 Å². The lowest BCUT2D eigenvalue weighted by atomic mass is 10.2. The van der Waals surface area contributed by atoms with E-state index in [9.17, 15) is 9.46 Å². The Morgan fingerprint density at radius 3 is 2.47 bits per heavy atom. The van der Waals surface area contributed by atoms with Crippen molar-refractivity contribution in [3.8, 4) is 0 Å². The Morgan fingerprint density at radius 2 is 1.93 bits per heavy atom. The van der Waals surface area contributed by atoms with E-state index in [1.807, 2.05) is 44.2 Å². The number of unbranched alkanes of at least 4 members (excludes halogenated alkanes) is 1. The fourth-order valence-corrected chi connectivity index (χ4v) is 3.34. The summed E-state index contributed by atoms with van der Waals surface area (Å²) in [5.41, 5.74) is 0.713. The van der Waals surface area contributed by atoms with Gasteiger partial charge in [0.1, 0.15) is 0 Å². The molecule has 2 atom stereocenters. The fraction of sp³-hybridized carbons (Fsp3) is 0.500. The molecule has 1 rings (SSSR count). The molecule has 1 N–H and O–H groups in total. The molecule has 84 valence electrons. The van der Waals surface area contributed by atoms with Crippen LogP contribution in [0.25, 0.3) is 0 Å². The monoisotopic (exact) mass is 226 g/mol. The van der Waals surface area contributed by atoms with Crippen molar-refractivity contribution < 1.29 is 9.46 Å². The van der Waals surface area contributed by atoms with E-state index in [1.54, 1.807) is 0 Å². The lowest BCUT2D eigenvalue weighted by Gasteiger charge is -2.19. The van der Waals surface area contributed by atoms with Crippen molar-refractivity contribution in [3.05, 3.63) is 35.9 Å². The molecule has 15 heavy (non-hydrogen) atoms. The molecule has 1 aromatic carbocycles. The van der Waals surface area contributed by atoms with Crippen LogP contribution in [0, 0.1) is 0 Å². The summed E-state index contributed by atoms with van der Waals surface area (Å²) in [6.45, 7) is 3.87. The van der Waals surface area contributed by atoms with Crippen LogP contribution in [0.5, 0.6) is 0 Å². The molecule has 0 saturated carbocycles. The van der Waals surface area contributed by atoms with Crippen molar-refractivity contribution in [2.24, 2.45) is 0 Å². The third kappa shape index (κ3) is 3.48. The van der Waals surface area contributed by atoms with Crippen LogP contribution in [0.1, 0.15) is 37.9 Å². The summed E-state index contributed by atoms with van der Waals surface area (Å²) in [5, 5.41) is 0. The van der Waals surface area contributed by atoms with E-state index in [4.69, 9.17) is 0 Å². The van der Waals surface area contributed by atoms with Crippen LogP contribution >= 0.6 is 7.37 Å². The zero-order chi connectivity index (χ0) is 11.3. The first-order valence-electron chi connectivity index (χ1n) is 5.44. The molecule has 1 aromatic rings. The lowest BCUT2D eigenvalue weighted by molar-refractivity contribution is 0.464. The van der Waals surface area contributed by atoms with Gasteiger partial charge in [-0.05, 0) is 18.9 Å². The standard InChI is InChI=1S/C12H19O2P/c1-3-4-10-15(13,14)11(2)12-8-6-5-7-9-12/h5-9,11H,3-4,10H2,1-2H3,(H,13,14). The van der Waals surface area contributed by atoms with Gasteiger partial charge in [0.25, 0.3) is 0 Å². The zero-order valence-corrected chi connectivity index (χ0v) is 10.3. The first-order chi connectivity index (χ1) is 7.08. The van der Waals surface area contributed by atoms with Crippen LogP contribution in [0.15, 0.2) is 30.3 Å². The first-order valence-corrected chi connectivity index (χ1v) is 7.35. The third-order valence-electron chi connectivity index (χ3n) is 2.72. The molecule has 0 spiro atoms. The smallest absolute Gasteiger partial charge is 0.207 e. The summed E-state index contributed by atoms with van der Waals surface area (Å²) in [6, 6.07) is 9.57. The van der Waals surface area contributed by atoms with Gasteiger partial charge >= 0.3 is 0 Å². The highest BCUT2D eigenvalue weighted by Crippen LogP contribution is 2.55. The van der Waals surface area contributed by atoms with Gasteiger partial charge < -0.3 is 4.89 Å². The van der Waals surface area contributed by atoms with E-state index in [0.717, 1.165) is 18.4 Å². The minimum Gasteiger partial charge on any atom is -0.344 e. The molecule has 0 aliphatic rings. The number of rotatable bonds is 5. The molecular formula is C12H19O2P. The Kier molecular flexibility index (Phi) is 4.56. The molecular weight excluding hydrogens is 207 g/mol. The maximum absolute atomic E-state index is 12.0. The van der Waals surface area contributed by atoms with Gasteiger partial charge in [-0.1, -0.05) is 43.7 Å². The molecule has 2 nitrogen and oxygen atoms in total. The van der Waals surface area contributed by atoms with Crippen molar-refractivity contribution in [3.63, 3.8) is 0 Å². The van der Waals surface area contributed by atoms with Gasteiger partial charge in [0, 0.05) is 6.16 Å². The molecule has 0 amide bonds. The molecule has 0 saturated heterocycles. The summed E-state index contributed by atoms with van der Waals surface area (Å²) in [6.07, 6.45) is 2.22. The number of hydrogen-bond donors (Lipinski definition) is 1. The highest BCUT2D eigenvalue weighted by Gasteiger charge is 2.27. The molecule has 3 heteroatoms. The van der Waals surface area contributed by atoms with E-state index in [-0.39, 0.29) is 5.66 Å². The Hall–Kier alpha value is -0.590. The average molecular weight is 226 g/mol. The first kappa shape index (κ1) is 12.5. The SMILES string of the molecule is CCCCP(=O)(O)C(C)c1ccccc1. The second kappa shape index (κ2) is 5.48. The summed E-state index contributed by atoms with van der Waals surface area (Å²) >= 11 is 0. The molecule has 0 aliphatic heterocycles. The Balaban J connectivity index is 2.75. The topological polar surface area (TPSA) is 37.3 Å². The van der Waals surface area contributed by atoms with Gasteiger partial charge in [0.2, 0.25) is 7.37 Å². The molecule has 0 heterocycles. The third-order valence-corrected chi connectivity index (χ3v) is 5.18. The van der Waals surface area contributed by atoms with Crippen LogP contribution in [0.3, 0.4) is 0 Å². The van der Waals surface area contributed by atoms with Gasteiger partial charge in [-0.3, -0.25) is 4.57 Å². The minimum absolute atomic E-state index is 0.245. The molecule has 0 radical (unpaired) electrons. The van der Waals surface area contributed by atoms with Crippen LogP contribution in [-0.2, 0) is 4.57 Å². The molecule has 0 bridgehead atoms. The second-order valence-electron chi connectivity index (χ2n) is 3.92. The van der Waals surface area contributed by atoms with Crippen molar-refractivity contribution in [2.75, 3.05) is 6.16 Å². The number of benzene rings is 1. The van der Waals surface area contributed by atoms with Gasteiger partial charge in [-0.15, -0.1) is 0 Å². The normalized spacial score (nSPS) is 17.0. The van der Waals surface area contributed by atoms with Crippen LogP contribution < -0.4 is 0 Å². The van der Waals surface area contributed by atoms with Gasteiger partial charge in [0.05, 0.1) is 5.66 Å². The fourth-order valence-electron chi connectivity index (χ4n) is 1.54. The summed E-state index contributed by atoms with van der Waals surface area (Å²) < 4.78 is 12.0. The summed E-state index contributed by atoms with van der Waals surface area (Å²) in [4.78, 5) is 9.92. The summed E-state index contributed by atoms with van der Waals surface area (Å²) in [7, 11) is -3.02. The quantitative estimate of drug-likeness (QED) is 0.775. The summed E-state index contributed by atoms with van der Waals surface area (Å²) in [5.74, 6) is 0. The molecule has 0 aromatic heterocycles. The zero-order valence-electron chi connectivity index (χ0n) is 9.39. The van der Waals surface area contributed by atoms with Crippen molar-refractivity contribution in [1.29, 1.82) is 0 Å². The minimum atomic E-state index is -3.02. The van der Waals surface area contributed by atoms with Gasteiger partial charge in [-0.25, -0.2) is 0 Å². The highest BCUT2D eigenvalue weighted by atomic mass is 31.2. The number of hydrogen-bond acceptors (Lipinski definition) is 1. The average Bonchev–Trinajstić information content (AvgIpc) is 2.26. The van der Waals surface area contributed by atoms with E-state index >= 15 is 0 Å². The molecule has 2 unspecified atom stereocenters. The Morgan fingerprint density at radius 1 is 1.33 bits per heavy atom. The predicted octanol–water partition coefficient (Wildman–Crippen LogP) is 3.82. The van der Waals surface area contributed by atoms with Crippen molar-refractivity contribution in [1.82, 2.24) is 0 Å². The van der Waals surface area contributed by atoms with Crippen LogP contribution in [0.4, 0.5) is 0 Å². The van der Waals surface area contributed by atoms with E-state index in [2.05, 4.69) is 0 Å². The van der Waals surface area contributed by atoms with Crippen molar-refractivity contribution >= 4 is 7.37 Å². The van der Waals surface area contributed by atoms with Crippen LogP contribution in [0.2, 0.25) is 0 Å². The van der Waals surface area contributed by atoms with E-state index in [1.165, 1.54) is 0 Å². The van der Waals surface area contributed by atoms with Gasteiger partial charge in [-0.2, -0.15) is 0 Å². The molecule has 0 aliphatic carbocycles. The second-order valence-corrected chi connectivity index (χ2v) is 6.65. The lowest BCUT2D eigenvalue weighted by Crippen LogP contribution is -1.99. The Labute approximate surface area is 91.8 Å². The maximum Gasteiger partial charge on any atom is 0.207 e. The highest BCUT2D eigenvalue weighted by molar-refractivity contribution is 7.58. The van der Waals surface area contributed by atoms with E-state index < -0.39 is 7.37 Å². The maximum atomic E-state index is 12.0. The Bertz CT molecular complexity index is 335. The largest absolute Gasteiger partial charge is 0.344 e. The van der Waals surface area contributed by atoms with Crippen molar-refractivity contribution in [2.45, 2.75) is 32.3 Å². The van der Waals surface area contributed by atoms with Crippen LogP contribution in [-0.4, -0.2) is 11.1 Å². The van der Waals surface area contributed by atoms with Gasteiger partial charge in [0.15, 0.2) is 0 Å². The molecule has 0 fully saturated rings.